The van der Waals surface area contributed by atoms with E-state index in [1.807, 2.05) is 29.3 Å². The zero-order valence-corrected chi connectivity index (χ0v) is 29.6. The van der Waals surface area contributed by atoms with Gasteiger partial charge in [-0.3, -0.25) is 24.1 Å². The predicted octanol–water partition coefficient (Wildman–Crippen LogP) is 4.44. The summed E-state index contributed by atoms with van der Waals surface area (Å²) in [6, 6.07) is 3.11. The molecule has 0 aromatic carbocycles. The first-order valence-electron chi connectivity index (χ1n) is 15.9. The number of carbonyl (C=O) groups excluding carboxylic acids is 3. The Morgan fingerprint density at radius 3 is 2.36 bits per heavy atom. The molecule has 4 heterocycles. The van der Waals surface area contributed by atoms with Crippen LogP contribution in [0.3, 0.4) is 0 Å². The summed E-state index contributed by atoms with van der Waals surface area (Å²) < 4.78 is 6.76. The highest BCUT2D eigenvalue weighted by molar-refractivity contribution is 7.14. The van der Waals surface area contributed by atoms with Crippen LogP contribution in [0.15, 0.2) is 34.6 Å². The number of pyridine rings is 1. The standard InChI is InChI=1S/C34H47N7O5S/c1-33(2,3)25-22-47-32(35-25)37-30(44)23-14-16-41-26(21-23)36-29(24(31(41)45)12-13-28(43)46-34(4,5)6)40-19-17-39(18-20-40)27(42)11-9-10-15-38(7)8/h12-14,16,21-22H,9-11,15,17-20H2,1-8H3,(H,35,37,44). The van der Waals surface area contributed by atoms with Crippen LogP contribution in [0.2, 0.25) is 0 Å². The normalized spacial score (nSPS) is 14.3. The number of hydrogen-bond acceptors (Lipinski definition) is 10. The molecule has 0 aliphatic carbocycles. The third-order valence-electron chi connectivity index (χ3n) is 7.57. The first-order chi connectivity index (χ1) is 22.0. The lowest BCUT2D eigenvalue weighted by molar-refractivity contribution is -0.148. The van der Waals surface area contributed by atoms with Crippen LogP contribution in [0.4, 0.5) is 10.9 Å². The van der Waals surface area contributed by atoms with Gasteiger partial charge in [0, 0.05) is 61.2 Å². The summed E-state index contributed by atoms with van der Waals surface area (Å²) in [5.74, 6) is -0.461. The number of rotatable bonds is 10. The van der Waals surface area contributed by atoms with Crippen LogP contribution in [0.5, 0.6) is 0 Å². The molecule has 1 aliphatic heterocycles. The second kappa shape index (κ2) is 14.8. The van der Waals surface area contributed by atoms with Crippen LogP contribution < -0.4 is 15.8 Å². The van der Waals surface area contributed by atoms with Crippen molar-refractivity contribution >= 4 is 51.8 Å². The zero-order chi connectivity index (χ0) is 34.5. The fourth-order valence-corrected chi connectivity index (χ4v) is 5.96. The SMILES string of the molecule is CN(C)CCCCC(=O)N1CCN(c2nc3cc(C(=O)Nc4nc(C(C)(C)C)cs4)ccn3c(=O)c2C=CC(=O)OC(C)(C)C)CC1. The quantitative estimate of drug-likeness (QED) is 0.190. The molecule has 3 aromatic heterocycles. The Labute approximate surface area is 280 Å². The van der Waals surface area contributed by atoms with Crippen LogP contribution in [-0.2, 0) is 19.7 Å². The number of ether oxygens (including phenoxy) is 1. The number of nitrogens with one attached hydrogen (secondary N) is 1. The van der Waals surface area contributed by atoms with E-state index in [9.17, 15) is 19.2 Å². The summed E-state index contributed by atoms with van der Waals surface area (Å²) in [5.41, 5.74) is 0.451. The lowest BCUT2D eigenvalue weighted by Gasteiger charge is -2.36. The topological polar surface area (TPSA) is 129 Å². The molecule has 13 heteroatoms. The number of unbranched alkanes of at least 4 members (excludes halogenated alkanes) is 1. The third kappa shape index (κ3) is 9.71. The van der Waals surface area contributed by atoms with Crippen molar-refractivity contribution in [2.24, 2.45) is 0 Å². The Morgan fingerprint density at radius 1 is 1.04 bits per heavy atom. The number of aromatic nitrogens is 3. The molecule has 0 unspecified atom stereocenters. The molecule has 0 atom stereocenters. The Morgan fingerprint density at radius 2 is 1.74 bits per heavy atom. The van der Waals surface area contributed by atoms with E-state index in [4.69, 9.17) is 9.72 Å². The minimum absolute atomic E-state index is 0.116. The van der Waals surface area contributed by atoms with Crippen LogP contribution in [-0.4, -0.2) is 94.4 Å². The van der Waals surface area contributed by atoms with Gasteiger partial charge in [0.1, 0.15) is 17.1 Å². The Hall–Kier alpha value is -4.10. The average Bonchev–Trinajstić information content (AvgIpc) is 3.47. The fraction of sp³-hybridized carbons (Fsp3) is 0.529. The van der Waals surface area contributed by atoms with Crippen LogP contribution in [0.1, 0.15) is 82.4 Å². The third-order valence-corrected chi connectivity index (χ3v) is 8.33. The van der Waals surface area contributed by atoms with Crippen LogP contribution >= 0.6 is 11.3 Å². The number of esters is 1. The van der Waals surface area contributed by atoms with Gasteiger partial charge >= 0.3 is 5.97 Å². The molecule has 0 radical (unpaired) electrons. The summed E-state index contributed by atoms with van der Waals surface area (Å²) in [4.78, 5) is 67.7. The number of thiazole rings is 1. The lowest BCUT2D eigenvalue weighted by Crippen LogP contribution is -2.49. The minimum Gasteiger partial charge on any atom is -0.457 e. The Bertz CT molecular complexity index is 1690. The van der Waals surface area contributed by atoms with Gasteiger partial charge in [-0.15, -0.1) is 11.3 Å². The molecule has 0 spiro atoms. The molecule has 1 aliphatic rings. The maximum Gasteiger partial charge on any atom is 0.331 e. The van der Waals surface area contributed by atoms with E-state index in [2.05, 4.69) is 36.0 Å². The van der Waals surface area contributed by atoms with Gasteiger partial charge in [0.15, 0.2) is 5.13 Å². The summed E-state index contributed by atoms with van der Waals surface area (Å²) in [7, 11) is 4.04. The number of anilines is 2. The molecular formula is C34H47N7O5S. The lowest BCUT2D eigenvalue weighted by atomic mass is 9.93. The number of hydrogen-bond donors (Lipinski definition) is 1. The molecule has 47 heavy (non-hydrogen) atoms. The van der Waals surface area contributed by atoms with E-state index in [1.165, 1.54) is 34.1 Å². The number of fused-ring (bicyclic) bond motifs is 1. The number of carbonyl (C=O) groups is 3. The predicted molar refractivity (Wildman–Crippen MR) is 186 cm³/mol. The van der Waals surface area contributed by atoms with Crippen molar-refractivity contribution in [3.8, 4) is 0 Å². The molecule has 254 valence electrons. The second-order valence-corrected chi connectivity index (χ2v) is 14.9. The highest BCUT2D eigenvalue weighted by Crippen LogP contribution is 2.27. The first-order valence-corrected chi connectivity index (χ1v) is 16.8. The number of nitrogens with zero attached hydrogens (tertiary/aromatic N) is 6. The maximum absolute atomic E-state index is 13.8. The molecule has 4 rings (SSSR count). The summed E-state index contributed by atoms with van der Waals surface area (Å²) in [6.45, 7) is 14.3. The van der Waals surface area contributed by atoms with E-state index < -0.39 is 17.1 Å². The number of amides is 2. The van der Waals surface area contributed by atoms with Crippen molar-refractivity contribution < 1.29 is 19.1 Å². The van der Waals surface area contributed by atoms with Crippen LogP contribution in [0.25, 0.3) is 11.7 Å². The minimum atomic E-state index is -0.694. The Balaban J connectivity index is 1.61. The van der Waals surface area contributed by atoms with Gasteiger partial charge in [-0.1, -0.05) is 20.8 Å². The summed E-state index contributed by atoms with van der Waals surface area (Å²) >= 11 is 1.35. The van der Waals surface area contributed by atoms with Gasteiger partial charge in [-0.2, -0.15) is 0 Å². The van der Waals surface area contributed by atoms with E-state index in [-0.39, 0.29) is 28.4 Å². The highest BCUT2D eigenvalue weighted by atomic mass is 32.1. The van der Waals surface area contributed by atoms with Crippen LogP contribution in [0, 0.1) is 0 Å². The van der Waals surface area contributed by atoms with Crippen molar-refractivity contribution in [2.45, 2.75) is 71.8 Å². The molecule has 1 saturated heterocycles. The fourth-order valence-electron chi connectivity index (χ4n) is 5.03. The molecule has 0 bridgehead atoms. The van der Waals surface area contributed by atoms with Gasteiger partial charge in [0.25, 0.3) is 11.5 Å². The molecule has 12 nitrogen and oxygen atoms in total. The average molecular weight is 666 g/mol. The van der Waals surface area contributed by atoms with Crippen molar-refractivity contribution in [3.05, 3.63) is 57.0 Å². The molecule has 0 saturated carbocycles. The highest BCUT2D eigenvalue weighted by Gasteiger charge is 2.26. The van der Waals surface area contributed by atoms with Gasteiger partial charge < -0.3 is 19.4 Å². The first kappa shape index (κ1) is 35.7. The second-order valence-electron chi connectivity index (χ2n) is 14.0. The van der Waals surface area contributed by atoms with Crippen molar-refractivity contribution in [1.29, 1.82) is 0 Å². The Kier molecular flexibility index (Phi) is 11.2. The molecule has 2 amide bonds. The van der Waals surface area contributed by atoms with Gasteiger partial charge in [0.2, 0.25) is 5.91 Å². The van der Waals surface area contributed by atoms with Crippen molar-refractivity contribution in [1.82, 2.24) is 24.2 Å². The van der Waals surface area contributed by atoms with E-state index >= 15 is 0 Å². The molecule has 3 aromatic rings. The van der Waals surface area contributed by atoms with Crippen molar-refractivity contribution in [3.63, 3.8) is 0 Å². The summed E-state index contributed by atoms with van der Waals surface area (Å²) in [6.07, 6.45) is 6.45. The monoisotopic (exact) mass is 665 g/mol. The van der Waals surface area contributed by atoms with E-state index in [0.29, 0.717) is 49.1 Å². The molecular weight excluding hydrogens is 618 g/mol. The zero-order valence-electron chi connectivity index (χ0n) is 28.8. The molecule has 1 N–H and O–H groups in total. The van der Waals surface area contributed by atoms with E-state index in [0.717, 1.165) is 25.1 Å². The number of piperazine rings is 1. The summed E-state index contributed by atoms with van der Waals surface area (Å²) in [5, 5.41) is 5.26. The largest absolute Gasteiger partial charge is 0.457 e. The van der Waals surface area contributed by atoms with Gasteiger partial charge in [-0.25, -0.2) is 14.8 Å². The molecule has 1 fully saturated rings. The smallest absolute Gasteiger partial charge is 0.331 e. The van der Waals surface area contributed by atoms with Crippen molar-refractivity contribution in [2.75, 3.05) is 57.0 Å². The van der Waals surface area contributed by atoms with Gasteiger partial charge in [0.05, 0.1) is 11.3 Å². The maximum atomic E-state index is 13.8. The van der Waals surface area contributed by atoms with E-state index in [1.54, 1.807) is 32.9 Å². The van der Waals surface area contributed by atoms with Gasteiger partial charge in [-0.05, 0) is 72.5 Å².